The van der Waals surface area contributed by atoms with E-state index in [9.17, 15) is 4.21 Å². The van der Waals surface area contributed by atoms with E-state index in [1.165, 1.54) is 5.56 Å². The van der Waals surface area contributed by atoms with Crippen molar-refractivity contribution in [1.82, 2.24) is 5.32 Å². The second kappa shape index (κ2) is 9.27. The summed E-state index contributed by atoms with van der Waals surface area (Å²) in [4.78, 5) is 0.871. The molecule has 0 heterocycles. The van der Waals surface area contributed by atoms with Crippen LogP contribution in [0, 0.1) is 0 Å². The predicted octanol–water partition coefficient (Wildman–Crippen LogP) is 2.67. The summed E-state index contributed by atoms with van der Waals surface area (Å²) in [5.74, 6) is 1.05. The molecule has 4 heteroatoms. The van der Waals surface area contributed by atoms with Gasteiger partial charge in [0, 0.05) is 23.3 Å². The molecule has 20 heavy (non-hydrogen) atoms. The van der Waals surface area contributed by atoms with E-state index in [0.29, 0.717) is 18.1 Å². The molecular weight excluding hydrogens is 270 g/mol. The predicted molar refractivity (Wildman–Crippen MR) is 85.6 cm³/mol. The van der Waals surface area contributed by atoms with Crippen molar-refractivity contribution in [2.75, 3.05) is 18.9 Å². The lowest BCUT2D eigenvalue weighted by Gasteiger charge is -2.17. The zero-order valence-corrected chi connectivity index (χ0v) is 13.6. The molecule has 0 aromatic heterocycles. The Kier molecular flexibility index (Phi) is 8.04. The van der Waals surface area contributed by atoms with Gasteiger partial charge in [-0.3, -0.25) is 4.21 Å². The minimum Gasteiger partial charge on any atom is -0.396 e. The molecule has 3 nitrogen and oxygen atoms in total. The number of nitrogens with one attached hydrogen (secondary N) is 1. The number of aliphatic hydroxyl groups excluding tert-OH is 1. The minimum atomic E-state index is -1.01. The van der Waals surface area contributed by atoms with Gasteiger partial charge in [-0.25, -0.2) is 0 Å². The van der Waals surface area contributed by atoms with Gasteiger partial charge in [-0.05, 0) is 43.0 Å². The van der Waals surface area contributed by atoms with Crippen LogP contribution in [-0.2, 0) is 10.8 Å². The summed E-state index contributed by atoms with van der Waals surface area (Å²) in [6, 6.07) is 8.14. The van der Waals surface area contributed by atoms with E-state index in [1.807, 2.05) is 12.1 Å². The summed E-state index contributed by atoms with van der Waals surface area (Å²) in [6.45, 7) is 7.43. The highest BCUT2D eigenvalue weighted by Gasteiger charge is 2.13. The molecule has 1 aromatic rings. The fourth-order valence-corrected chi connectivity index (χ4v) is 3.31. The highest BCUT2D eigenvalue weighted by atomic mass is 32.2. The van der Waals surface area contributed by atoms with Gasteiger partial charge in [-0.2, -0.15) is 0 Å². The molecule has 0 aliphatic heterocycles. The smallest absolute Gasteiger partial charge is 0.0545 e. The molecule has 2 atom stereocenters. The Morgan fingerprint density at radius 1 is 1.25 bits per heavy atom. The molecule has 0 radical (unpaired) electrons. The molecule has 2 unspecified atom stereocenters. The Balaban J connectivity index is 2.63. The van der Waals surface area contributed by atoms with Crippen LogP contribution >= 0.6 is 0 Å². The maximum atomic E-state index is 12.4. The molecule has 1 rings (SSSR count). The SMILES string of the molecule is CCCNC(CCO)CS(=O)c1ccc(C(C)C)cc1. The van der Waals surface area contributed by atoms with Gasteiger partial charge in [0.1, 0.15) is 0 Å². The van der Waals surface area contributed by atoms with E-state index in [0.717, 1.165) is 17.9 Å². The van der Waals surface area contributed by atoms with Crippen molar-refractivity contribution in [3.8, 4) is 0 Å². The van der Waals surface area contributed by atoms with Crippen LogP contribution in [0.1, 0.15) is 45.1 Å². The van der Waals surface area contributed by atoms with Gasteiger partial charge in [0.05, 0.1) is 10.8 Å². The van der Waals surface area contributed by atoms with E-state index in [4.69, 9.17) is 5.11 Å². The van der Waals surface area contributed by atoms with Crippen LogP contribution < -0.4 is 5.32 Å². The lowest BCUT2D eigenvalue weighted by molar-refractivity contribution is 0.270. The summed E-state index contributed by atoms with van der Waals surface area (Å²) >= 11 is 0. The van der Waals surface area contributed by atoms with E-state index in [1.54, 1.807) is 0 Å². The van der Waals surface area contributed by atoms with Crippen LogP contribution in [0.25, 0.3) is 0 Å². The average molecular weight is 297 g/mol. The summed E-state index contributed by atoms with van der Waals surface area (Å²) in [7, 11) is -1.01. The Hall–Kier alpha value is -0.710. The van der Waals surface area contributed by atoms with Gasteiger partial charge < -0.3 is 10.4 Å². The maximum absolute atomic E-state index is 12.4. The van der Waals surface area contributed by atoms with Gasteiger partial charge in [-0.15, -0.1) is 0 Å². The second-order valence-corrected chi connectivity index (χ2v) is 6.90. The Labute approximate surface area is 125 Å². The molecule has 0 fully saturated rings. The van der Waals surface area contributed by atoms with Crippen LogP contribution in [0.4, 0.5) is 0 Å². The van der Waals surface area contributed by atoms with Crippen LogP contribution in [0.3, 0.4) is 0 Å². The van der Waals surface area contributed by atoms with Gasteiger partial charge >= 0.3 is 0 Å². The largest absolute Gasteiger partial charge is 0.396 e. The summed E-state index contributed by atoms with van der Waals surface area (Å²) < 4.78 is 12.4. The lowest BCUT2D eigenvalue weighted by atomic mass is 10.0. The molecule has 2 N–H and O–H groups in total. The number of rotatable bonds is 9. The van der Waals surface area contributed by atoms with E-state index in [2.05, 4.69) is 38.2 Å². The second-order valence-electron chi connectivity index (χ2n) is 5.40. The van der Waals surface area contributed by atoms with Gasteiger partial charge in [0.15, 0.2) is 0 Å². The first-order chi connectivity index (χ1) is 9.58. The molecule has 0 saturated carbocycles. The Morgan fingerprint density at radius 3 is 2.40 bits per heavy atom. The van der Waals surface area contributed by atoms with Gasteiger partial charge in [0.2, 0.25) is 0 Å². The molecule has 0 aliphatic rings. The van der Waals surface area contributed by atoms with Crippen molar-refractivity contribution in [1.29, 1.82) is 0 Å². The van der Waals surface area contributed by atoms with E-state index in [-0.39, 0.29) is 12.6 Å². The topological polar surface area (TPSA) is 49.3 Å². The molecule has 114 valence electrons. The summed E-state index contributed by atoms with van der Waals surface area (Å²) in [5.41, 5.74) is 1.27. The maximum Gasteiger partial charge on any atom is 0.0545 e. The fourth-order valence-electron chi connectivity index (χ4n) is 2.03. The third kappa shape index (κ3) is 5.73. The fraction of sp³-hybridized carbons (Fsp3) is 0.625. The normalized spacial score (nSPS) is 14.4. The average Bonchev–Trinajstić information content (AvgIpc) is 2.45. The number of hydrogen-bond acceptors (Lipinski definition) is 3. The zero-order chi connectivity index (χ0) is 15.0. The third-order valence-corrected chi connectivity index (χ3v) is 4.83. The zero-order valence-electron chi connectivity index (χ0n) is 12.8. The van der Waals surface area contributed by atoms with E-state index < -0.39 is 10.8 Å². The van der Waals surface area contributed by atoms with Crippen LogP contribution in [-0.4, -0.2) is 34.3 Å². The van der Waals surface area contributed by atoms with Crippen LogP contribution in [0.15, 0.2) is 29.2 Å². The minimum absolute atomic E-state index is 0.116. The first kappa shape index (κ1) is 17.3. The highest BCUT2D eigenvalue weighted by molar-refractivity contribution is 7.85. The van der Waals surface area contributed by atoms with Crippen molar-refractivity contribution in [2.24, 2.45) is 0 Å². The molecule has 0 aliphatic carbocycles. The van der Waals surface area contributed by atoms with Gasteiger partial charge in [-0.1, -0.05) is 32.9 Å². The number of hydrogen-bond donors (Lipinski definition) is 2. The standard InChI is InChI=1S/C16H27NO2S/c1-4-10-17-15(9-11-18)12-20(19)16-7-5-14(6-8-16)13(2)3/h5-8,13,15,17-18H,4,9-12H2,1-3H3. The summed E-state index contributed by atoms with van der Waals surface area (Å²) in [6.07, 6.45) is 1.69. The third-order valence-electron chi connectivity index (χ3n) is 3.32. The van der Waals surface area contributed by atoms with Crippen LogP contribution in [0.2, 0.25) is 0 Å². The van der Waals surface area contributed by atoms with Crippen molar-refractivity contribution in [3.63, 3.8) is 0 Å². The molecule has 1 aromatic carbocycles. The highest BCUT2D eigenvalue weighted by Crippen LogP contribution is 2.17. The Bertz CT molecular complexity index is 403. The lowest BCUT2D eigenvalue weighted by Crippen LogP contribution is -2.35. The number of aliphatic hydroxyl groups is 1. The quantitative estimate of drug-likeness (QED) is 0.737. The first-order valence-electron chi connectivity index (χ1n) is 7.41. The molecule has 0 saturated heterocycles. The molecule has 0 bridgehead atoms. The van der Waals surface area contributed by atoms with Gasteiger partial charge in [0.25, 0.3) is 0 Å². The first-order valence-corrected chi connectivity index (χ1v) is 8.73. The number of benzene rings is 1. The molecule has 0 spiro atoms. The van der Waals surface area contributed by atoms with E-state index >= 15 is 0 Å². The van der Waals surface area contributed by atoms with Crippen molar-refractivity contribution < 1.29 is 9.32 Å². The Morgan fingerprint density at radius 2 is 1.90 bits per heavy atom. The van der Waals surface area contributed by atoms with Crippen molar-refractivity contribution in [3.05, 3.63) is 29.8 Å². The van der Waals surface area contributed by atoms with Crippen LogP contribution in [0.5, 0.6) is 0 Å². The molecule has 0 amide bonds. The van der Waals surface area contributed by atoms with Crippen molar-refractivity contribution >= 4 is 10.8 Å². The molecular formula is C16H27NO2S. The monoisotopic (exact) mass is 297 g/mol. The summed E-state index contributed by atoms with van der Waals surface area (Å²) in [5, 5.41) is 12.4. The van der Waals surface area contributed by atoms with Crippen molar-refractivity contribution in [2.45, 2.75) is 50.5 Å².